The molecule has 0 atom stereocenters. The normalized spacial score (nSPS) is 11.0. The van der Waals surface area contributed by atoms with Gasteiger partial charge < -0.3 is 20.9 Å². The Kier molecular flexibility index (Phi) is 0.961. The van der Waals surface area contributed by atoms with Gasteiger partial charge in [0, 0.05) is 11.6 Å². The molecule has 0 aliphatic heterocycles. The van der Waals surface area contributed by atoms with Crippen LogP contribution in [0.15, 0.2) is 10.5 Å². The number of nitrogens with one attached hydrogen (secondary N) is 1. The van der Waals surface area contributed by atoms with Gasteiger partial charge in [0.2, 0.25) is 0 Å². The van der Waals surface area contributed by atoms with Crippen LogP contribution in [0.2, 0.25) is 0 Å². The number of anilines is 2. The number of fused-ring (bicyclic) bond motifs is 1. The third-order valence-electron chi connectivity index (χ3n) is 1.77. The van der Waals surface area contributed by atoms with Crippen LogP contribution in [0.1, 0.15) is 5.56 Å². The van der Waals surface area contributed by atoms with Gasteiger partial charge in [-0.25, -0.2) is 0 Å². The van der Waals surface area contributed by atoms with Crippen molar-refractivity contribution in [3.8, 4) is 0 Å². The van der Waals surface area contributed by atoms with Gasteiger partial charge in [-0.2, -0.15) is 0 Å². The van der Waals surface area contributed by atoms with Crippen molar-refractivity contribution in [2.75, 3.05) is 11.5 Å². The molecular formula is C7H9N3O. The van der Waals surface area contributed by atoms with Crippen molar-refractivity contribution in [2.24, 2.45) is 0 Å². The Hall–Kier alpha value is -1.58. The van der Waals surface area contributed by atoms with Gasteiger partial charge in [-0.1, -0.05) is 0 Å². The summed E-state index contributed by atoms with van der Waals surface area (Å²) < 4.78 is 5.19. The van der Waals surface area contributed by atoms with E-state index < -0.39 is 0 Å². The predicted molar refractivity (Wildman–Crippen MR) is 44.1 cm³/mol. The maximum Gasteiger partial charge on any atom is 0.196 e. The molecule has 0 fully saturated rings. The lowest BCUT2D eigenvalue weighted by Crippen LogP contribution is -1.85. The average molecular weight is 151 g/mol. The lowest BCUT2D eigenvalue weighted by molar-refractivity contribution is 0.635. The summed E-state index contributed by atoms with van der Waals surface area (Å²) >= 11 is 0. The highest BCUT2D eigenvalue weighted by atomic mass is 16.3. The molecule has 4 nitrogen and oxygen atoms in total. The Morgan fingerprint density at radius 3 is 2.82 bits per heavy atom. The number of aromatic amines is 1. The molecule has 2 heterocycles. The third-order valence-corrected chi connectivity index (χ3v) is 1.77. The summed E-state index contributed by atoms with van der Waals surface area (Å²) in [5, 5.41) is 0. The number of furan rings is 1. The van der Waals surface area contributed by atoms with Crippen LogP contribution in [-0.4, -0.2) is 4.98 Å². The van der Waals surface area contributed by atoms with E-state index in [1.807, 2.05) is 6.92 Å². The smallest absolute Gasteiger partial charge is 0.196 e. The molecule has 0 aliphatic rings. The first-order valence-electron chi connectivity index (χ1n) is 3.31. The fourth-order valence-electron chi connectivity index (χ4n) is 1.13. The van der Waals surface area contributed by atoms with E-state index in [2.05, 4.69) is 4.98 Å². The van der Waals surface area contributed by atoms with Crippen molar-refractivity contribution in [1.82, 2.24) is 4.98 Å². The predicted octanol–water partition coefficient (Wildman–Crippen LogP) is 1.23. The fourth-order valence-corrected chi connectivity index (χ4v) is 1.13. The molecule has 2 aromatic rings. The van der Waals surface area contributed by atoms with E-state index in [4.69, 9.17) is 15.9 Å². The summed E-state index contributed by atoms with van der Waals surface area (Å²) in [4.78, 5) is 2.95. The number of H-pyrrole nitrogens is 1. The van der Waals surface area contributed by atoms with Gasteiger partial charge in [-0.05, 0) is 6.92 Å². The second-order valence-electron chi connectivity index (χ2n) is 2.56. The first-order chi connectivity index (χ1) is 5.18. The Bertz CT molecular complexity index is 399. The van der Waals surface area contributed by atoms with Gasteiger partial charge in [0.1, 0.15) is 5.82 Å². The summed E-state index contributed by atoms with van der Waals surface area (Å²) in [6, 6.07) is 1.72. The highest BCUT2D eigenvalue weighted by molar-refractivity contribution is 5.84. The van der Waals surface area contributed by atoms with Gasteiger partial charge in [0.05, 0.1) is 5.52 Å². The number of hydrogen-bond donors (Lipinski definition) is 3. The van der Waals surface area contributed by atoms with E-state index >= 15 is 0 Å². The highest BCUT2D eigenvalue weighted by Crippen LogP contribution is 2.27. The second-order valence-corrected chi connectivity index (χ2v) is 2.56. The number of aromatic nitrogens is 1. The van der Waals surface area contributed by atoms with Gasteiger partial charge in [0.15, 0.2) is 11.5 Å². The molecule has 5 N–H and O–H groups in total. The minimum Gasteiger partial charge on any atom is -0.439 e. The summed E-state index contributed by atoms with van der Waals surface area (Å²) in [5.41, 5.74) is 13.5. The molecule has 58 valence electrons. The van der Waals surface area contributed by atoms with Crippen LogP contribution in [0.5, 0.6) is 0 Å². The van der Waals surface area contributed by atoms with Crippen LogP contribution < -0.4 is 11.5 Å². The SMILES string of the molecule is Cc1c(N)oc2cc(N)[nH]c12. The van der Waals surface area contributed by atoms with Crippen molar-refractivity contribution in [3.05, 3.63) is 11.6 Å². The first-order valence-corrected chi connectivity index (χ1v) is 3.31. The minimum absolute atomic E-state index is 0.450. The molecule has 2 aromatic heterocycles. The van der Waals surface area contributed by atoms with Gasteiger partial charge >= 0.3 is 0 Å². The lowest BCUT2D eigenvalue weighted by Gasteiger charge is -1.85. The van der Waals surface area contributed by atoms with E-state index in [-0.39, 0.29) is 0 Å². The number of rotatable bonds is 0. The molecule has 0 spiro atoms. The van der Waals surface area contributed by atoms with Crippen LogP contribution >= 0.6 is 0 Å². The lowest BCUT2D eigenvalue weighted by atomic mass is 10.3. The molecule has 0 aromatic carbocycles. The van der Waals surface area contributed by atoms with E-state index in [1.165, 1.54) is 0 Å². The molecule has 0 unspecified atom stereocenters. The van der Waals surface area contributed by atoms with Crippen molar-refractivity contribution in [3.63, 3.8) is 0 Å². The zero-order valence-electron chi connectivity index (χ0n) is 6.14. The van der Waals surface area contributed by atoms with E-state index in [1.54, 1.807) is 6.07 Å². The summed E-state index contributed by atoms with van der Waals surface area (Å²) in [6.07, 6.45) is 0. The molecular weight excluding hydrogens is 142 g/mol. The maximum atomic E-state index is 5.52. The molecule has 0 aliphatic carbocycles. The van der Waals surface area contributed by atoms with Crippen LogP contribution in [0.25, 0.3) is 11.1 Å². The van der Waals surface area contributed by atoms with Crippen molar-refractivity contribution < 1.29 is 4.42 Å². The van der Waals surface area contributed by atoms with Crippen LogP contribution in [0, 0.1) is 6.92 Å². The van der Waals surface area contributed by atoms with E-state index in [9.17, 15) is 0 Å². The summed E-state index contributed by atoms with van der Waals surface area (Å²) in [5.74, 6) is 1.05. The van der Waals surface area contributed by atoms with Crippen LogP contribution in [0.3, 0.4) is 0 Å². The summed E-state index contributed by atoms with van der Waals surface area (Å²) in [7, 11) is 0. The topological polar surface area (TPSA) is 81.0 Å². The molecule has 2 rings (SSSR count). The van der Waals surface area contributed by atoms with Crippen molar-refractivity contribution >= 4 is 22.8 Å². The third kappa shape index (κ3) is 0.690. The molecule has 0 bridgehead atoms. The van der Waals surface area contributed by atoms with Gasteiger partial charge in [-0.15, -0.1) is 0 Å². The monoisotopic (exact) mass is 151 g/mol. The zero-order valence-corrected chi connectivity index (χ0v) is 6.14. The first kappa shape index (κ1) is 6.15. The minimum atomic E-state index is 0.450. The van der Waals surface area contributed by atoms with E-state index in [0.29, 0.717) is 11.7 Å². The average Bonchev–Trinajstić information content (AvgIpc) is 2.37. The molecule has 0 amide bonds. The van der Waals surface area contributed by atoms with Crippen LogP contribution in [0.4, 0.5) is 11.7 Å². The van der Waals surface area contributed by atoms with Crippen LogP contribution in [-0.2, 0) is 0 Å². The number of hydrogen-bond acceptors (Lipinski definition) is 3. The standard InChI is InChI=1S/C7H9N3O/c1-3-6-4(11-7(3)9)2-5(8)10-6/h2,10H,8-9H2,1H3. The number of aryl methyl sites for hydroxylation is 1. The Morgan fingerprint density at radius 1 is 1.45 bits per heavy atom. The highest BCUT2D eigenvalue weighted by Gasteiger charge is 2.08. The van der Waals surface area contributed by atoms with Gasteiger partial charge in [-0.3, -0.25) is 0 Å². The maximum absolute atomic E-state index is 5.52. The molecule has 4 heteroatoms. The largest absolute Gasteiger partial charge is 0.439 e. The van der Waals surface area contributed by atoms with Crippen molar-refractivity contribution in [1.29, 1.82) is 0 Å². The zero-order chi connectivity index (χ0) is 8.01. The van der Waals surface area contributed by atoms with Crippen molar-refractivity contribution in [2.45, 2.75) is 6.92 Å². The number of nitrogen functional groups attached to an aromatic ring is 2. The Labute approximate surface area is 63.2 Å². The van der Waals surface area contributed by atoms with E-state index in [0.717, 1.165) is 16.7 Å². The summed E-state index contributed by atoms with van der Waals surface area (Å²) in [6.45, 7) is 1.89. The Balaban J connectivity index is 2.88. The molecule has 0 radical (unpaired) electrons. The Morgan fingerprint density at radius 2 is 2.18 bits per heavy atom. The molecule has 0 saturated heterocycles. The quantitative estimate of drug-likeness (QED) is 0.529. The fraction of sp³-hybridized carbons (Fsp3) is 0.143. The van der Waals surface area contributed by atoms with Gasteiger partial charge in [0.25, 0.3) is 0 Å². The molecule has 0 saturated carbocycles. The molecule has 11 heavy (non-hydrogen) atoms. The number of nitrogens with two attached hydrogens (primary N) is 2. The second kappa shape index (κ2) is 1.72.